The molecule has 0 amide bonds. The maximum Gasteiger partial charge on any atom is 0.312 e. The smallest absolute Gasteiger partial charge is 0.312 e. The summed E-state index contributed by atoms with van der Waals surface area (Å²) in [5.41, 5.74) is -0.0559. The quantitative estimate of drug-likeness (QED) is 0.655. The van der Waals surface area contributed by atoms with Crippen molar-refractivity contribution in [3.8, 4) is 0 Å². The summed E-state index contributed by atoms with van der Waals surface area (Å²) in [5, 5.41) is 23.8. The van der Waals surface area contributed by atoms with Gasteiger partial charge in [-0.2, -0.15) is 0 Å². The standard InChI is InChI=1S/C12H16BrN3O3/c13-9-5-10(16(18)19)12(15-7-9)14-6-8-3-1-2-4-11(8)17/h5,7-8,11,17H,1-4,6H2,(H,14,15). The minimum absolute atomic E-state index is 0.0559. The van der Waals surface area contributed by atoms with Crippen LogP contribution < -0.4 is 5.32 Å². The molecule has 0 aliphatic heterocycles. The third-order valence-electron chi connectivity index (χ3n) is 3.43. The summed E-state index contributed by atoms with van der Waals surface area (Å²) in [5.74, 6) is 0.393. The van der Waals surface area contributed by atoms with E-state index < -0.39 is 4.92 Å². The Kier molecular flexibility index (Phi) is 4.71. The van der Waals surface area contributed by atoms with Crippen LogP contribution in [-0.2, 0) is 0 Å². The fourth-order valence-corrected chi connectivity index (χ4v) is 2.68. The van der Waals surface area contributed by atoms with Gasteiger partial charge in [0.15, 0.2) is 0 Å². The topological polar surface area (TPSA) is 88.3 Å². The Bertz CT molecular complexity index is 470. The highest BCUT2D eigenvalue weighted by atomic mass is 79.9. The predicted molar refractivity (Wildman–Crippen MR) is 75.0 cm³/mol. The maximum absolute atomic E-state index is 10.9. The molecular formula is C12H16BrN3O3. The first-order chi connectivity index (χ1) is 9.08. The lowest BCUT2D eigenvalue weighted by molar-refractivity contribution is -0.384. The molecule has 1 saturated carbocycles. The van der Waals surface area contributed by atoms with Crippen molar-refractivity contribution >= 4 is 27.4 Å². The maximum atomic E-state index is 10.9. The lowest BCUT2D eigenvalue weighted by Gasteiger charge is -2.27. The van der Waals surface area contributed by atoms with Gasteiger partial charge in [-0.05, 0) is 28.8 Å². The molecule has 2 N–H and O–H groups in total. The van der Waals surface area contributed by atoms with Crippen LogP contribution in [0.25, 0.3) is 0 Å². The summed E-state index contributed by atoms with van der Waals surface area (Å²) in [6, 6.07) is 1.42. The number of aliphatic hydroxyl groups excluding tert-OH is 1. The number of aliphatic hydroxyl groups is 1. The number of nitrogens with one attached hydrogen (secondary N) is 1. The summed E-state index contributed by atoms with van der Waals surface area (Å²) >= 11 is 3.17. The highest BCUT2D eigenvalue weighted by molar-refractivity contribution is 9.10. The second-order valence-electron chi connectivity index (χ2n) is 4.77. The molecule has 1 aromatic heterocycles. The number of hydrogen-bond acceptors (Lipinski definition) is 5. The van der Waals surface area contributed by atoms with Crippen LogP contribution in [0.5, 0.6) is 0 Å². The SMILES string of the molecule is O=[N+]([O-])c1cc(Br)cnc1NCC1CCCCC1O. The van der Waals surface area contributed by atoms with Gasteiger partial charge >= 0.3 is 5.69 Å². The van der Waals surface area contributed by atoms with E-state index >= 15 is 0 Å². The first-order valence-electron chi connectivity index (χ1n) is 6.30. The van der Waals surface area contributed by atoms with Crippen molar-refractivity contribution in [2.45, 2.75) is 31.8 Å². The van der Waals surface area contributed by atoms with Crippen LogP contribution in [0.1, 0.15) is 25.7 Å². The Morgan fingerprint density at radius 2 is 2.26 bits per heavy atom. The fraction of sp³-hybridized carbons (Fsp3) is 0.583. The molecule has 1 aromatic rings. The zero-order valence-corrected chi connectivity index (χ0v) is 12.0. The molecule has 2 unspecified atom stereocenters. The van der Waals surface area contributed by atoms with E-state index in [1.165, 1.54) is 12.3 Å². The molecule has 2 atom stereocenters. The number of nitro groups is 1. The summed E-state index contributed by atoms with van der Waals surface area (Å²) in [7, 11) is 0. The van der Waals surface area contributed by atoms with Gasteiger partial charge in [-0.1, -0.05) is 12.8 Å². The highest BCUT2D eigenvalue weighted by Gasteiger charge is 2.24. The average Bonchev–Trinajstić information content (AvgIpc) is 2.38. The lowest BCUT2D eigenvalue weighted by atomic mass is 9.86. The highest BCUT2D eigenvalue weighted by Crippen LogP contribution is 2.28. The van der Waals surface area contributed by atoms with Crippen molar-refractivity contribution in [3.63, 3.8) is 0 Å². The van der Waals surface area contributed by atoms with Crippen molar-refractivity contribution in [3.05, 3.63) is 26.9 Å². The molecule has 104 valence electrons. The van der Waals surface area contributed by atoms with Crippen molar-refractivity contribution in [1.29, 1.82) is 0 Å². The number of rotatable bonds is 4. The Morgan fingerprint density at radius 3 is 2.95 bits per heavy atom. The van der Waals surface area contributed by atoms with Gasteiger partial charge in [-0.15, -0.1) is 0 Å². The van der Waals surface area contributed by atoms with Gasteiger partial charge in [-0.3, -0.25) is 10.1 Å². The Balaban J connectivity index is 2.04. The summed E-state index contributed by atoms with van der Waals surface area (Å²) in [6.07, 6.45) is 5.09. The van der Waals surface area contributed by atoms with E-state index in [-0.39, 0.29) is 23.5 Å². The molecule has 6 nitrogen and oxygen atoms in total. The summed E-state index contributed by atoms with van der Waals surface area (Å²) in [4.78, 5) is 14.5. The number of halogens is 1. The first kappa shape index (κ1) is 14.2. The lowest BCUT2D eigenvalue weighted by Crippen LogP contribution is -2.30. The molecule has 1 aliphatic carbocycles. The molecule has 7 heteroatoms. The molecule has 2 rings (SSSR count). The molecule has 1 aliphatic rings. The number of aromatic nitrogens is 1. The van der Waals surface area contributed by atoms with Crippen LogP contribution in [0.2, 0.25) is 0 Å². The zero-order chi connectivity index (χ0) is 13.8. The molecule has 0 bridgehead atoms. The summed E-state index contributed by atoms with van der Waals surface area (Å²) < 4.78 is 0.572. The van der Waals surface area contributed by atoms with Gasteiger partial charge in [0.05, 0.1) is 11.0 Å². The zero-order valence-electron chi connectivity index (χ0n) is 10.4. The molecule has 0 aromatic carbocycles. The van der Waals surface area contributed by atoms with E-state index in [2.05, 4.69) is 26.2 Å². The predicted octanol–water partition coefficient (Wildman–Crippen LogP) is 2.72. The van der Waals surface area contributed by atoms with Gasteiger partial charge in [0.1, 0.15) is 0 Å². The van der Waals surface area contributed by atoms with Crippen molar-refractivity contribution < 1.29 is 10.0 Å². The molecule has 0 saturated heterocycles. The Morgan fingerprint density at radius 1 is 1.53 bits per heavy atom. The van der Waals surface area contributed by atoms with E-state index in [1.54, 1.807) is 0 Å². The third kappa shape index (κ3) is 3.63. The summed E-state index contributed by atoms with van der Waals surface area (Å²) in [6.45, 7) is 0.511. The molecule has 0 spiro atoms. The average molecular weight is 330 g/mol. The number of anilines is 1. The van der Waals surface area contributed by atoms with Crippen LogP contribution in [0, 0.1) is 16.0 Å². The van der Waals surface area contributed by atoms with Crippen LogP contribution in [-0.4, -0.2) is 27.7 Å². The Labute approximate surface area is 119 Å². The number of hydrogen-bond donors (Lipinski definition) is 2. The normalized spacial score (nSPS) is 23.1. The van der Waals surface area contributed by atoms with E-state index in [9.17, 15) is 15.2 Å². The second-order valence-corrected chi connectivity index (χ2v) is 5.69. The van der Waals surface area contributed by atoms with Crippen LogP contribution in [0.4, 0.5) is 11.5 Å². The van der Waals surface area contributed by atoms with Crippen molar-refractivity contribution in [2.24, 2.45) is 5.92 Å². The van der Waals surface area contributed by atoms with Crippen LogP contribution >= 0.6 is 15.9 Å². The van der Waals surface area contributed by atoms with Crippen LogP contribution in [0.3, 0.4) is 0 Å². The minimum Gasteiger partial charge on any atom is -0.393 e. The first-order valence-corrected chi connectivity index (χ1v) is 7.09. The second kappa shape index (κ2) is 6.29. The fourth-order valence-electron chi connectivity index (χ4n) is 2.36. The largest absolute Gasteiger partial charge is 0.393 e. The number of pyridine rings is 1. The van der Waals surface area contributed by atoms with Crippen LogP contribution in [0.15, 0.2) is 16.7 Å². The van der Waals surface area contributed by atoms with E-state index in [0.717, 1.165) is 25.7 Å². The molecular weight excluding hydrogens is 314 g/mol. The van der Waals surface area contributed by atoms with Gasteiger partial charge in [-0.25, -0.2) is 4.98 Å². The molecule has 0 radical (unpaired) electrons. The monoisotopic (exact) mass is 329 g/mol. The van der Waals surface area contributed by atoms with Gasteiger partial charge in [0.25, 0.3) is 0 Å². The molecule has 19 heavy (non-hydrogen) atoms. The van der Waals surface area contributed by atoms with Gasteiger partial charge < -0.3 is 10.4 Å². The molecule has 1 fully saturated rings. The van der Waals surface area contributed by atoms with E-state index in [0.29, 0.717) is 11.0 Å². The third-order valence-corrected chi connectivity index (χ3v) is 3.87. The van der Waals surface area contributed by atoms with Crippen molar-refractivity contribution in [1.82, 2.24) is 4.98 Å². The van der Waals surface area contributed by atoms with Gasteiger partial charge in [0, 0.05) is 29.2 Å². The Hall–Kier alpha value is -1.21. The van der Waals surface area contributed by atoms with Crippen molar-refractivity contribution in [2.75, 3.05) is 11.9 Å². The minimum atomic E-state index is -0.461. The van der Waals surface area contributed by atoms with E-state index in [1.807, 2.05) is 0 Å². The van der Waals surface area contributed by atoms with E-state index in [4.69, 9.17) is 0 Å². The molecule has 1 heterocycles. The van der Waals surface area contributed by atoms with Gasteiger partial charge in [0.2, 0.25) is 5.82 Å². The number of nitrogens with zero attached hydrogens (tertiary/aromatic N) is 2.